The SMILES string of the molecule is COc1ccc(C(=O)N2C(C(=O)NCc3ccccn3)COC23CCN(C(=O)C2CCC2)CC3)cc1. The number of aromatic nitrogens is 1. The molecule has 1 aromatic carbocycles. The average molecular weight is 493 g/mol. The van der Waals surface area contributed by atoms with Gasteiger partial charge < -0.3 is 19.7 Å². The summed E-state index contributed by atoms with van der Waals surface area (Å²) >= 11 is 0. The number of pyridine rings is 1. The van der Waals surface area contributed by atoms with Gasteiger partial charge in [-0.2, -0.15) is 0 Å². The minimum absolute atomic E-state index is 0.104. The van der Waals surface area contributed by atoms with Crippen LogP contribution in [0.25, 0.3) is 0 Å². The molecular formula is C27H32N4O5. The topological polar surface area (TPSA) is 101 Å². The second-order valence-electron chi connectivity index (χ2n) is 9.67. The number of hydrogen-bond acceptors (Lipinski definition) is 6. The smallest absolute Gasteiger partial charge is 0.256 e. The van der Waals surface area contributed by atoms with Crippen LogP contribution in [0.1, 0.15) is 48.2 Å². The van der Waals surface area contributed by atoms with Gasteiger partial charge in [0.15, 0.2) is 0 Å². The van der Waals surface area contributed by atoms with Crippen molar-refractivity contribution in [3.63, 3.8) is 0 Å². The number of carbonyl (C=O) groups excluding carboxylic acids is 3. The number of likely N-dealkylation sites (tertiary alicyclic amines) is 1. The van der Waals surface area contributed by atoms with Gasteiger partial charge in [-0.05, 0) is 49.2 Å². The van der Waals surface area contributed by atoms with Crippen LogP contribution in [0.15, 0.2) is 48.7 Å². The fourth-order valence-electron chi connectivity index (χ4n) is 5.23. The van der Waals surface area contributed by atoms with Crippen LogP contribution in [0, 0.1) is 5.92 Å². The van der Waals surface area contributed by atoms with Crippen LogP contribution < -0.4 is 10.1 Å². The predicted molar refractivity (Wildman–Crippen MR) is 131 cm³/mol. The first kappa shape index (κ1) is 24.2. The Bertz CT molecular complexity index is 1090. The molecule has 0 bridgehead atoms. The van der Waals surface area contributed by atoms with E-state index in [1.54, 1.807) is 42.5 Å². The van der Waals surface area contributed by atoms with E-state index in [0.29, 0.717) is 37.2 Å². The minimum atomic E-state index is -0.930. The maximum absolute atomic E-state index is 13.8. The highest BCUT2D eigenvalue weighted by Crippen LogP contribution is 2.40. The number of nitrogens with one attached hydrogen (secondary N) is 1. The largest absolute Gasteiger partial charge is 0.497 e. The maximum atomic E-state index is 13.8. The number of carbonyl (C=O) groups is 3. The molecule has 190 valence electrons. The number of rotatable bonds is 6. The molecule has 2 saturated heterocycles. The molecule has 5 rings (SSSR count). The van der Waals surface area contributed by atoms with Gasteiger partial charge in [-0.15, -0.1) is 0 Å². The summed E-state index contributed by atoms with van der Waals surface area (Å²) in [5, 5.41) is 2.91. The van der Waals surface area contributed by atoms with Gasteiger partial charge in [0.1, 0.15) is 17.5 Å². The average Bonchev–Trinajstić information content (AvgIpc) is 3.25. The summed E-state index contributed by atoms with van der Waals surface area (Å²) in [5.41, 5.74) is 0.256. The molecule has 1 spiro atoms. The number of piperidine rings is 1. The molecule has 9 nitrogen and oxygen atoms in total. The zero-order chi connectivity index (χ0) is 25.1. The van der Waals surface area contributed by atoms with E-state index < -0.39 is 11.8 Å². The number of nitrogens with zero attached hydrogens (tertiary/aromatic N) is 3. The van der Waals surface area contributed by atoms with Crippen LogP contribution in [0.3, 0.4) is 0 Å². The van der Waals surface area contributed by atoms with Gasteiger partial charge in [0, 0.05) is 43.6 Å². The Balaban J connectivity index is 1.35. The fourth-order valence-corrected chi connectivity index (χ4v) is 5.23. The quantitative estimate of drug-likeness (QED) is 0.665. The van der Waals surface area contributed by atoms with Crippen LogP contribution in [-0.2, 0) is 20.9 Å². The lowest BCUT2D eigenvalue weighted by atomic mass is 9.83. The van der Waals surface area contributed by atoms with E-state index in [9.17, 15) is 14.4 Å². The van der Waals surface area contributed by atoms with Crippen molar-refractivity contribution in [2.24, 2.45) is 5.92 Å². The molecule has 3 amide bonds. The van der Waals surface area contributed by atoms with Gasteiger partial charge in [-0.1, -0.05) is 12.5 Å². The molecule has 3 aliphatic rings. The molecule has 0 radical (unpaired) electrons. The number of benzene rings is 1. The lowest BCUT2D eigenvalue weighted by Gasteiger charge is -2.45. The number of amides is 3. The van der Waals surface area contributed by atoms with Gasteiger partial charge in [-0.3, -0.25) is 24.3 Å². The zero-order valence-electron chi connectivity index (χ0n) is 20.5. The van der Waals surface area contributed by atoms with Crippen LogP contribution in [0.2, 0.25) is 0 Å². The first-order chi connectivity index (χ1) is 17.5. The Kier molecular flexibility index (Phi) is 6.91. The highest BCUT2D eigenvalue weighted by molar-refractivity contribution is 5.98. The predicted octanol–water partition coefficient (Wildman–Crippen LogP) is 2.37. The third kappa shape index (κ3) is 4.67. The molecule has 1 aliphatic carbocycles. The summed E-state index contributed by atoms with van der Waals surface area (Å²) < 4.78 is 11.5. The van der Waals surface area contributed by atoms with E-state index in [4.69, 9.17) is 9.47 Å². The van der Waals surface area contributed by atoms with E-state index in [2.05, 4.69) is 10.3 Å². The Labute approximate surface area is 210 Å². The summed E-state index contributed by atoms with van der Waals surface area (Å²) in [4.78, 5) is 47.7. The highest BCUT2D eigenvalue weighted by atomic mass is 16.5. The lowest BCUT2D eigenvalue weighted by molar-refractivity contribution is -0.149. The van der Waals surface area contributed by atoms with E-state index in [1.807, 2.05) is 23.1 Å². The van der Waals surface area contributed by atoms with E-state index >= 15 is 0 Å². The fraction of sp³-hybridized carbons (Fsp3) is 0.481. The Morgan fingerprint density at radius 3 is 2.47 bits per heavy atom. The third-order valence-electron chi connectivity index (χ3n) is 7.60. The van der Waals surface area contributed by atoms with Crippen LogP contribution in [-0.4, -0.2) is 71.1 Å². The molecule has 3 fully saturated rings. The molecule has 2 aromatic rings. The molecule has 1 unspecified atom stereocenters. The summed E-state index contributed by atoms with van der Waals surface area (Å²) in [6.07, 6.45) is 5.63. The van der Waals surface area contributed by atoms with Crippen LogP contribution >= 0.6 is 0 Å². The number of methoxy groups -OCH3 is 1. The first-order valence-corrected chi connectivity index (χ1v) is 12.6. The van der Waals surface area contributed by atoms with Crippen molar-refractivity contribution in [3.8, 4) is 5.75 Å². The van der Waals surface area contributed by atoms with Crippen molar-refractivity contribution < 1.29 is 23.9 Å². The molecule has 36 heavy (non-hydrogen) atoms. The van der Waals surface area contributed by atoms with Gasteiger partial charge in [0.05, 0.1) is 26.0 Å². The van der Waals surface area contributed by atoms with Crippen LogP contribution in [0.5, 0.6) is 5.75 Å². The molecule has 1 atom stereocenters. The van der Waals surface area contributed by atoms with Crippen molar-refractivity contribution in [2.45, 2.75) is 50.4 Å². The molecule has 1 N–H and O–H groups in total. The summed E-state index contributed by atoms with van der Waals surface area (Å²) in [5.74, 6) is 0.420. The number of hydrogen-bond donors (Lipinski definition) is 1. The maximum Gasteiger partial charge on any atom is 0.256 e. The second-order valence-corrected chi connectivity index (χ2v) is 9.67. The lowest BCUT2D eigenvalue weighted by Crippen LogP contribution is -2.60. The van der Waals surface area contributed by atoms with Crippen molar-refractivity contribution in [2.75, 3.05) is 26.8 Å². The van der Waals surface area contributed by atoms with Gasteiger partial charge >= 0.3 is 0 Å². The van der Waals surface area contributed by atoms with Crippen molar-refractivity contribution >= 4 is 17.7 Å². The molecule has 3 heterocycles. The zero-order valence-corrected chi connectivity index (χ0v) is 20.5. The number of ether oxygens (including phenoxy) is 2. The second kappa shape index (κ2) is 10.3. The summed E-state index contributed by atoms with van der Waals surface area (Å²) in [6.45, 7) is 1.37. The molecule has 2 aliphatic heterocycles. The van der Waals surface area contributed by atoms with Gasteiger partial charge in [0.25, 0.3) is 5.91 Å². The van der Waals surface area contributed by atoms with Gasteiger partial charge in [-0.25, -0.2) is 0 Å². The molecule has 1 saturated carbocycles. The van der Waals surface area contributed by atoms with Gasteiger partial charge in [0.2, 0.25) is 11.8 Å². The minimum Gasteiger partial charge on any atom is -0.497 e. The Hall–Kier alpha value is -3.46. The first-order valence-electron chi connectivity index (χ1n) is 12.6. The van der Waals surface area contributed by atoms with Crippen molar-refractivity contribution in [1.82, 2.24) is 20.1 Å². The molecule has 1 aromatic heterocycles. The van der Waals surface area contributed by atoms with E-state index in [-0.39, 0.29) is 36.8 Å². The van der Waals surface area contributed by atoms with E-state index in [0.717, 1.165) is 25.0 Å². The van der Waals surface area contributed by atoms with Crippen LogP contribution in [0.4, 0.5) is 0 Å². The molecular weight excluding hydrogens is 460 g/mol. The van der Waals surface area contributed by atoms with Crippen molar-refractivity contribution in [1.29, 1.82) is 0 Å². The summed E-state index contributed by atoms with van der Waals surface area (Å²) in [6, 6.07) is 11.6. The molecule has 9 heteroatoms. The monoisotopic (exact) mass is 492 g/mol. The standard InChI is InChI=1S/C27H32N4O5/c1-35-22-10-8-20(9-11-22)26(34)31-23(24(32)29-17-21-7-2-3-14-28-21)18-36-27(31)12-15-30(16-13-27)25(33)19-5-4-6-19/h2-3,7-11,14,19,23H,4-6,12-13,15-18H2,1H3,(H,29,32). The third-order valence-corrected chi connectivity index (χ3v) is 7.60. The van der Waals surface area contributed by atoms with Crippen molar-refractivity contribution in [3.05, 3.63) is 59.9 Å². The normalized spacial score (nSPS) is 21.2. The Morgan fingerprint density at radius 2 is 1.86 bits per heavy atom. The highest BCUT2D eigenvalue weighted by Gasteiger charge is 2.54. The summed E-state index contributed by atoms with van der Waals surface area (Å²) in [7, 11) is 1.57. The Morgan fingerprint density at radius 1 is 1.11 bits per heavy atom. The van der Waals surface area contributed by atoms with E-state index in [1.165, 1.54) is 0 Å².